The molecule has 0 atom stereocenters. The molecule has 24 heavy (non-hydrogen) atoms. The highest BCUT2D eigenvalue weighted by atomic mass is 35.5. The number of nitrogens with two attached hydrogens (primary N) is 2. The highest BCUT2D eigenvalue weighted by Crippen LogP contribution is 2.38. The summed E-state index contributed by atoms with van der Waals surface area (Å²) in [5, 5.41) is 4.11. The minimum Gasteiger partial charge on any atom is -0.339 e. The second kappa shape index (κ2) is 9.37. The molecule has 0 bridgehead atoms. The van der Waals surface area contributed by atoms with Gasteiger partial charge in [-0.05, 0) is 30.4 Å². The predicted molar refractivity (Wildman–Crippen MR) is 100 cm³/mol. The highest BCUT2D eigenvalue weighted by Gasteiger charge is 2.32. The molecule has 1 aliphatic carbocycles. The van der Waals surface area contributed by atoms with Crippen molar-refractivity contribution >= 4 is 24.8 Å². The Morgan fingerprint density at radius 1 is 1.00 bits per heavy atom. The zero-order chi connectivity index (χ0) is 15.4. The predicted octanol–water partition coefficient (Wildman–Crippen LogP) is 3.49. The van der Waals surface area contributed by atoms with Gasteiger partial charge in [0.15, 0.2) is 0 Å². The van der Waals surface area contributed by atoms with Gasteiger partial charge in [0.1, 0.15) is 0 Å². The Bertz CT molecular complexity index is 609. The number of hydrogen-bond donors (Lipinski definition) is 2. The fourth-order valence-electron chi connectivity index (χ4n) is 3.31. The summed E-state index contributed by atoms with van der Waals surface area (Å²) in [5.74, 6) is 1.34. The van der Waals surface area contributed by atoms with Crippen molar-refractivity contribution in [1.29, 1.82) is 0 Å². The second-order valence-corrected chi connectivity index (χ2v) is 6.35. The Morgan fingerprint density at radius 3 is 2.25 bits per heavy atom. The number of rotatable bonds is 5. The molecule has 0 unspecified atom stereocenters. The Morgan fingerprint density at radius 2 is 1.67 bits per heavy atom. The molecule has 1 aromatic carbocycles. The van der Waals surface area contributed by atoms with Gasteiger partial charge in [-0.3, -0.25) is 0 Å². The lowest BCUT2D eigenvalue weighted by Gasteiger charge is -2.34. The van der Waals surface area contributed by atoms with Gasteiger partial charge >= 0.3 is 0 Å². The van der Waals surface area contributed by atoms with E-state index < -0.39 is 0 Å². The summed E-state index contributed by atoms with van der Waals surface area (Å²) < 4.78 is 5.46. The van der Waals surface area contributed by atoms with Crippen LogP contribution in [0.3, 0.4) is 0 Å². The van der Waals surface area contributed by atoms with E-state index >= 15 is 0 Å². The molecular formula is C17H26Cl2N4O. The molecule has 1 saturated carbocycles. The summed E-state index contributed by atoms with van der Waals surface area (Å²) >= 11 is 0. The fourth-order valence-corrected chi connectivity index (χ4v) is 3.31. The largest absolute Gasteiger partial charge is 0.339 e. The molecule has 1 aromatic heterocycles. The fraction of sp³-hybridized carbons (Fsp3) is 0.529. The zero-order valence-corrected chi connectivity index (χ0v) is 15.4. The normalized spacial score (nSPS) is 16.1. The Kier molecular flexibility index (Phi) is 8.16. The molecule has 1 aliphatic rings. The maximum atomic E-state index is 6.03. The van der Waals surface area contributed by atoms with Crippen molar-refractivity contribution < 1.29 is 4.52 Å². The van der Waals surface area contributed by atoms with Crippen molar-refractivity contribution in [3.63, 3.8) is 0 Å². The van der Waals surface area contributed by atoms with Gasteiger partial charge < -0.3 is 16.0 Å². The standard InChI is InChI=1S/C17H24N4O.2ClH/c18-11-13-4-6-14(7-5-13)16-20-15(22-21-16)10-17(12-19)8-2-1-3-9-17;;/h4-7H,1-3,8-12,18-19H2;2*1H. The van der Waals surface area contributed by atoms with Gasteiger partial charge in [-0.2, -0.15) is 4.98 Å². The lowest BCUT2D eigenvalue weighted by atomic mass is 9.72. The molecule has 4 N–H and O–H groups in total. The van der Waals surface area contributed by atoms with E-state index in [-0.39, 0.29) is 30.2 Å². The van der Waals surface area contributed by atoms with Crippen molar-refractivity contribution in [2.75, 3.05) is 6.54 Å². The molecule has 0 amide bonds. The number of benzene rings is 1. The molecule has 0 aliphatic heterocycles. The van der Waals surface area contributed by atoms with E-state index in [1.807, 2.05) is 24.3 Å². The van der Waals surface area contributed by atoms with E-state index in [1.165, 1.54) is 19.3 Å². The minimum atomic E-state index is 0. The highest BCUT2D eigenvalue weighted by molar-refractivity contribution is 5.85. The molecule has 5 nitrogen and oxygen atoms in total. The van der Waals surface area contributed by atoms with Gasteiger partial charge in [-0.1, -0.05) is 48.7 Å². The smallest absolute Gasteiger partial charge is 0.227 e. The Balaban J connectivity index is 0.00000144. The van der Waals surface area contributed by atoms with E-state index in [0.29, 0.717) is 24.8 Å². The molecule has 2 aromatic rings. The molecule has 1 fully saturated rings. The van der Waals surface area contributed by atoms with Crippen molar-refractivity contribution in [1.82, 2.24) is 10.1 Å². The number of halogens is 2. The average molecular weight is 373 g/mol. The summed E-state index contributed by atoms with van der Waals surface area (Å²) in [6.45, 7) is 1.23. The third kappa shape index (κ3) is 4.70. The second-order valence-electron chi connectivity index (χ2n) is 6.35. The van der Waals surface area contributed by atoms with Crippen LogP contribution in [0.5, 0.6) is 0 Å². The van der Waals surface area contributed by atoms with Gasteiger partial charge in [-0.15, -0.1) is 24.8 Å². The molecule has 7 heteroatoms. The third-order valence-electron chi connectivity index (χ3n) is 4.79. The topological polar surface area (TPSA) is 91.0 Å². The molecule has 0 spiro atoms. The van der Waals surface area contributed by atoms with Crippen LogP contribution in [0.1, 0.15) is 43.6 Å². The molecule has 0 radical (unpaired) electrons. The van der Waals surface area contributed by atoms with E-state index in [4.69, 9.17) is 16.0 Å². The first-order valence-electron chi connectivity index (χ1n) is 8.07. The lowest BCUT2D eigenvalue weighted by molar-refractivity contribution is 0.177. The lowest BCUT2D eigenvalue weighted by Crippen LogP contribution is -2.35. The number of hydrogen-bond acceptors (Lipinski definition) is 5. The quantitative estimate of drug-likeness (QED) is 0.837. The van der Waals surface area contributed by atoms with Crippen LogP contribution in [-0.2, 0) is 13.0 Å². The molecular weight excluding hydrogens is 347 g/mol. The number of aromatic nitrogens is 2. The molecule has 1 heterocycles. The summed E-state index contributed by atoms with van der Waals surface area (Å²) in [7, 11) is 0. The van der Waals surface area contributed by atoms with Gasteiger partial charge in [-0.25, -0.2) is 0 Å². The monoisotopic (exact) mass is 372 g/mol. The first-order valence-corrected chi connectivity index (χ1v) is 8.07. The molecule has 134 valence electrons. The third-order valence-corrected chi connectivity index (χ3v) is 4.79. The van der Waals surface area contributed by atoms with Gasteiger partial charge in [0, 0.05) is 18.5 Å². The van der Waals surface area contributed by atoms with Gasteiger partial charge in [0.25, 0.3) is 0 Å². The van der Waals surface area contributed by atoms with Crippen molar-refractivity contribution in [3.05, 3.63) is 35.7 Å². The summed E-state index contributed by atoms with van der Waals surface area (Å²) in [4.78, 5) is 4.56. The summed E-state index contributed by atoms with van der Waals surface area (Å²) in [5.41, 5.74) is 13.8. The van der Waals surface area contributed by atoms with Gasteiger partial charge in [0.05, 0.1) is 0 Å². The molecule has 3 rings (SSSR count). The van der Waals surface area contributed by atoms with Crippen LogP contribution in [0.2, 0.25) is 0 Å². The SMILES string of the molecule is Cl.Cl.NCc1ccc(-c2noc(CC3(CN)CCCCC3)n2)cc1. The van der Waals surface area contributed by atoms with E-state index in [1.54, 1.807) is 0 Å². The number of nitrogens with zero attached hydrogens (tertiary/aromatic N) is 2. The van der Waals surface area contributed by atoms with Gasteiger partial charge in [0.2, 0.25) is 11.7 Å². The van der Waals surface area contributed by atoms with Crippen LogP contribution in [0.15, 0.2) is 28.8 Å². The summed E-state index contributed by atoms with van der Waals surface area (Å²) in [6.07, 6.45) is 6.91. The first kappa shape index (κ1) is 20.9. The maximum absolute atomic E-state index is 6.03. The average Bonchev–Trinajstić information content (AvgIpc) is 3.04. The first-order chi connectivity index (χ1) is 10.7. The summed E-state index contributed by atoms with van der Waals surface area (Å²) in [6, 6.07) is 7.95. The van der Waals surface area contributed by atoms with Crippen molar-refractivity contribution in [2.24, 2.45) is 16.9 Å². The van der Waals surface area contributed by atoms with Crippen LogP contribution in [0.4, 0.5) is 0 Å². The van der Waals surface area contributed by atoms with E-state index in [9.17, 15) is 0 Å². The Hall–Kier alpha value is -1.14. The Labute approximate surface area is 155 Å². The van der Waals surface area contributed by atoms with E-state index in [2.05, 4.69) is 10.1 Å². The van der Waals surface area contributed by atoms with Crippen molar-refractivity contribution in [2.45, 2.75) is 45.1 Å². The van der Waals surface area contributed by atoms with Crippen LogP contribution >= 0.6 is 24.8 Å². The maximum Gasteiger partial charge on any atom is 0.227 e. The van der Waals surface area contributed by atoms with Crippen LogP contribution in [0, 0.1) is 5.41 Å². The van der Waals surface area contributed by atoms with Crippen LogP contribution < -0.4 is 11.5 Å². The zero-order valence-electron chi connectivity index (χ0n) is 13.7. The van der Waals surface area contributed by atoms with Crippen LogP contribution in [0.25, 0.3) is 11.4 Å². The molecule has 0 saturated heterocycles. The van der Waals surface area contributed by atoms with Crippen LogP contribution in [-0.4, -0.2) is 16.7 Å². The minimum absolute atomic E-state index is 0. The van der Waals surface area contributed by atoms with Crippen molar-refractivity contribution in [3.8, 4) is 11.4 Å². The van der Waals surface area contributed by atoms with E-state index in [0.717, 1.165) is 30.4 Å².